The topological polar surface area (TPSA) is 55.6 Å². The van der Waals surface area contributed by atoms with Crippen molar-refractivity contribution in [3.8, 4) is 0 Å². The van der Waals surface area contributed by atoms with Crippen LogP contribution in [0.4, 0.5) is 9.18 Å². The molecule has 2 unspecified atom stereocenters. The number of nitrogens with zero attached hydrogens (tertiary/aromatic N) is 1. The van der Waals surface area contributed by atoms with E-state index in [-0.39, 0.29) is 17.8 Å². The predicted octanol–water partition coefficient (Wildman–Crippen LogP) is 3.47. The van der Waals surface area contributed by atoms with Crippen molar-refractivity contribution < 1.29 is 13.9 Å². The van der Waals surface area contributed by atoms with Crippen LogP contribution in [0, 0.1) is 11.7 Å². The summed E-state index contributed by atoms with van der Waals surface area (Å²) >= 11 is 0. The van der Waals surface area contributed by atoms with Gasteiger partial charge in [-0.05, 0) is 45.6 Å². The summed E-state index contributed by atoms with van der Waals surface area (Å²) < 4.78 is 19.3. The van der Waals surface area contributed by atoms with Crippen molar-refractivity contribution in [1.82, 2.24) is 4.90 Å². The molecule has 0 spiro atoms. The van der Waals surface area contributed by atoms with Crippen LogP contribution in [-0.4, -0.2) is 29.7 Å². The highest BCUT2D eigenvalue weighted by atomic mass is 19.1. The Hall–Kier alpha value is -1.62. The van der Waals surface area contributed by atoms with E-state index in [4.69, 9.17) is 10.5 Å². The van der Waals surface area contributed by atoms with Crippen LogP contribution in [0.2, 0.25) is 0 Å². The molecule has 122 valence electrons. The highest BCUT2D eigenvalue weighted by Gasteiger charge is 2.31. The standard InChI is InChI=1S/C17H25FN2O2/c1-17(2,3)22-16(21)20-10-6-7-12(11-20)15(19)13-8-4-5-9-14(13)18/h4-5,8-9,12,15H,6-7,10-11,19H2,1-3H3. The molecule has 0 saturated carbocycles. The average Bonchev–Trinajstić information content (AvgIpc) is 2.45. The normalized spacial score (nSPS) is 20.6. The van der Waals surface area contributed by atoms with Crippen LogP contribution < -0.4 is 5.73 Å². The van der Waals surface area contributed by atoms with Gasteiger partial charge in [-0.1, -0.05) is 18.2 Å². The van der Waals surface area contributed by atoms with Crippen molar-refractivity contribution in [2.75, 3.05) is 13.1 Å². The molecule has 1 aliphatic heterocycles. The van der Waals surface area contributed by atoms with E-state index in [0.717, 1.165) is 12.8 Å². The minimum atomic E-state index is -0.516. The molecule has 1 aromatic rings. The smallest absolute Gasteiger partial charge is 0.410 e. The van der Waals surface area contributed by atoms with Gasteiger partial charge in [0, 0.05) is 24.7 Å². The number of carbonyl (C=O) groups excluding carboxylic acids is 1. The molecule has 0 aromatic heterocycles. The molecule has 1 saturated heterocycles. The number of nitrogens with two attached hydrogens (primary N) is 1. The SMILES string of the molecule is CC(C)(C)OC(=O)N1CCCC(C(N)c2ccccc2F)C1. The maximum Gasteiger partial charge on any atom is 0.410 e. The Kier molecular flexibility index (Phi) is 5.06. The van der Waals surface area contributed by atoms with Crippen molar-refractivity contribution in [3.63, 3.8) is 0 Å². The summed E-state index contributed by atoms with van der Waals surface area (Å²) in [7, 11) is 0. The third kappa shape index (κ3) is 4.19. The highest BCUT2D eigenvalue weighted by molar-refractivity contribution is 5.68. The molecule has 0 radical (unpaired) electrons. The van der Waals surface area contributed by atoms with Gasteiger partial charge in [-0.3, -0.25) is 0 Å². The zero-order valence-electron chi connectivity index (χ0n) is 13.5. The first-order valence-corrected chi connectivity index (χ1v) is 7.76. The Morgan fingerprint density at radius 1 is 1.41 bits per heavy atom. The fourth-order valence-corrected chi connectivity index (χ4v) is 2.79. The zero-order chi connectivity index (χ0) is 16.3. The molecule has 5 heteroatoms. The van der Waals surface area contributed by atoms with Gasteiger partial charge in [-0.15, -0.1) is 0 Å². The second-order valence-corrected chi connectivity index (χ2v) is 6.88. The largest absolute Gasteiger partial charge is 0.444 e. The summed E-state index contributed by atoms with van der Waals surface area (Å²) in [6, 6.07) is 6.16. The van der Waals surface area contributed by atoms with Crippen LogP contribution in [0.25, 0.3) is 0 Å². The first-order valence-electron chi connectivity index (χ1n) is 7.76. The maximum absolute atomic E-state index is 13.9. The van der Waals surface area contributed by atoms with E-state index in [1.54, 1.807) is 23.1 Å². The van der Waals surface area contributed by atoms with Crippen molar-refractivity contribution in [2.45, 2.75) is 45.3 Å². The summed E-state index contributed by atoms with van der Waals surface area (Å²) in [6.45, 7) is 6.70. The lowest BCUT2D eigenvalue weighted by Crippen LogP contribution is -2.45. The van der Waals surface area contributed by atoms with Crippen molar-refractivity contribution in [3.05, 3.63) is 35.6 Å². The minimum absolute atomic E-state index is 0.0400. The number of likely N-dealkylation sites (tertiary alicyclic amines) is 1. The Morgan fingerprint density at radius 3 is 2.73 bits per heavy atom. The van der Waals surface area contributed by atoms with E-state index >= 15 is 0 Å². The first-order chi connectivity index (χ1) is 10.3. The fraction of sp³-hybridized carbons (Fsp3) is 0.588. The van der Waals surface area contributed by atoms with Gasteiger partial charge in [0.25, 0.3) is 0 Å². The molecular formula is C17H25FN2O2. The molecule has 2 rings (SSSR count). The number of benzene rings is 1. The van der Waals surface area contributed by atoms with Crippen LogP contribution in [0.3, 0.4) is 0 Å². The predicted molar refractivity (Wildman–Crippen MR) is 83.9 cm³/mol. The molecule has 1 aliphatic rings. The quantitative estimate of drug-likeness (QED) is 0.910. The molecule has 22 heavy (non-hydrogen) atoms. The van der Waals surface area contributed by atoms with Gasteiger partial charge in [0.15, 0.2) is 0 Å². The van der Waals surface area contributed by atoms with E-state index in [9.17, 15) is 9.18 Å². The Bertz CT molecular complexity index is 528. The van der Waals surface area contributed by atoms with Gasteiger partial charge >= 0.3 is 6.09 Å². The monoisotopic (exact) mass is 308 g/mol. The van der Waals surface area contributed by atoms with Crippen LogP contribution in [0.1, 0.15) is 45.2 Å². The van der Waals surface area contributed by atoms with Crippen molar-refractivity contribution >= 4 is 6.09 Å². The number of halogens is 1. The lowest BCUT2D eigenvalue weighted by Gasteiger charge is -2.36. The second kappa shape index (κ2) is 6.65. The van der Waals surface area contributed by atoms with E-state index in [1.165, 1.54) is 6.07 Å². The molecule has 2 N–H and O–H groups in total. The third-order valence-electron chi connectivity index (χ3n) is 3.88. The van der Waals surface area contributed by atoms with E-state index < -0.39 is 11.6 Å². The van der Waals surface area contributed by atoms with Gasteiger partial charge < -0.3 is 15.4 Å². The average molecular weight is 308 g/mol. The minimum Gasteiger partial charge on any atom is -0.444 e. The number of hydrogen-bond donors (Lipinski definition) is 1. The number of amides is 1. The Labute approximate surface area is 131 Å². The summed E-state index contributed by atoms with van der Waals surface area (Å²) in [4.78, 5) is 13.9. The summed E-state index contributed by atoms with van der Waals surface area (Å²) in [5, 5.41) is 0. The Balaban J connectivity index is 2.04. The molecule has 4 nitrogen and oxygen atoms in total. The van der Waals surface area contributed by atoms with Gasteiger partial charge in [0.1, 0.15) is 11.4 Å². The second-order valence-electron chi connectivity index (χ2n) is 6.88. The molecule has 1 fully saturated rings. The molecule has 1 heterocycles. The van der Waals surface area contributed by atoms with Crippen LogP contribution in [0.15, 0.2) is 24.3 Å². The number of carbonyl (C=O) groups is 1. The van der Waals surface area contributed by atoms with Gasteiger partial charge in [-0.2, -0.15) is 0 Å². The molecular weight excluding hydrogens is 283 g/mol. The van der Waals surface area contributed by atoms with Crippen LogP contribution in [0.5, 0.6) is 0 Å². The number of hydrogen-bond acceptors (Lipinski definition) is 3. The third-order valence-corrected chi connectivity index (χ3v) is 3.88. The molecule has 2 atom stereocenters. The van der Waals surface area contributed by atoms with Gasteiger partial charge in [0.2, 0.25) is 0 Å². The van der Waals surface area contributed by atoms with E-state index in [2.05, 4.69) is 0 Å². The number of piperidine rings is 1. The van der Waals surface area contributed by atoms with Crippen LogP contribution >= 0.6 is 0 Å². The highest BCUT2D eigenvalue weighted by Crippen LogP contribution is 2.30. The zero-order valence-corrected chi connectivity index (χ0v) is 13.5. The molecule has 1 aromatic carbocycles. The van der Waals surface area contributed by atoms with Gasteiger partial charge in [-0.25, -0.2) is 9.18 Å². The molecule has 0 bridgehead atoms. The number of ether oxygens (including phenoxy) is 1. The van der Waals surface area contributed by atoms with Crippen molar-refractivity contribution in [1.29, 1.82) is 0 Å². The van der Waals surface area contributed by atoms with Crippen LogP contribution in [-0.2, 0) is 4.74 Å². The Morgan fingerprint density at radius 2 is 2.09 bits per heavy atom. The fourth-order valence-electron chi connectivity index (χ4n) is 2.79. The lowest BCUT2D eigenvalue weighted by atomic mass is 9.87. The molecule has 0 aliphatic carbocycles. The van der Waals surface area contributed by atoms with Crippen molar-refractivity contribution in [2.24, 2.45) is 11.7 Å². The lowest BCUT2D eigenvalue weighted by molar-refractivity contribution is 0.0151. The summed E-state index contributed by atoms with van der Waals surface area (Å²) in [5.41, 5.74) is 6.24. The van der Waals surface area contributed by atoms with E-state index in [1.807, 2.05) is 20.8 Å². The summed E-state index contributed by atoms with van der Waals surface area (Å²) in [5.74, 6) is -0.248. The molecule has 1 amide bonds. The van der Waals surface area contributed by atoms with E-state index in [0.29, 0.717) is 18.7 Å². The number of rotatable bonds is 2. The maximum atomic E-state index is 13.9. The van der Waals surface area contributed by atoms with Gasteiger partial charge in [0.05, 0.1) is 0 Å². The first kappa shape index (κ1) is 16.7. The summed E-state index contributed by atoms with van der Waals surface area (Å²) in [6.07, 6.45) is 1.42.